The van der Waals surface area contributed by atoms with Crippen LogP contribution < -0.4 is 25.0 Å². The second kappa shape index (κ2) is 10.8. The minimum atomic E-state index is -0.803. The summed E-state index contributed by atoms with van der Waals surface area (Å²) in [6.45, 7) is 3.50. The zero-order valence-electron chi connectivity index (χ0n) is 21.0. The number of hydrogen-bond donors (Lipinski definition) is 2. The van der Waals surface area contributed by atoms with Crippen LogP contribution in [0.15, 0.2) is 48.5 Å². The summed E-state index contributed by atoms with van der Waals surface area (Å²) >= 11 is 0. The van der Waals surface area contributed by atoms with Gasteiger partial charge in [-0.1, -0.05) is 18.2 Å². The summed E-state index contributed by atoms with van der Waals surface area (Å²) in [7, 11) is 3.10. The highest BCUT2D eigenvalue weighted by Crippen LogP contribution is 2.39. The van der Waals surface area contributed by atoms with Gasteiger partial charge in [-0.15, -0.1) is 0 Å². The van der Waals surface area contributed by atoms with E-state index in [0.29, 0.717) is 56.3 Å². The lowest BCUT2D eigenvalue weighted by Crippen LogP contribution is -2.58. The van der Waals surface area contributed by atoms with Gasteiger partial charge < -0.3 is 34.8 Å². The monoisotopic (exact) mass is 495 g/mol. The molecule has 0 unspecified atom stereocenters. The fourth-order valence-corrected chi connectivity index (χ4v) is 4.92. The van der Waals surface area contributed by atoms with Crippen LogP contribution in [-0.2, 0) is 9.59 Å². The van der Waals surface area contributed by atoms with Crippen LogP contribution in [0.4, 0.5) is 16.2 Å². The number of nitrogens with one attached hydrogen (secondary N) is 2. The summed E-state index contributed by atoms with van der Waals surface area (Å²) < 4.78 is 10.6. The quantitative estimate of drug-likeness (QED) is 0.612. The number of hydrogen-bond acceptors (Lipinski definition) is 6. The van der Waals surface area contributed by atoms with Crippen molar-refractivity contribution in [3.8, 4) is 11.5 Å². The fraction of sp³-hybridized carbons (Fsp3) is 0.423. The molecule has 2 fully saturated rings. The Hall–Kier alpha value is -3.95. The van der Waals surface area contributed by atoms with E-state index in [4.69, 9.17) is 9.47 Å². The highest BCUT2D eigenvalue weighted by molar-refractivity contribution is 5.97. The molecule has 0 radical (unpaired) electrons. The van der Waals surface area contributed by atoms with Crippen LogP contribution in [0.1, 0.15) is 19.8 Å². The van der Waals surface area contributed by atoms with Gasteiger partial charge in [-0.2, -0.15) is 0 Å². The van der Waals surface area contributed by atoms with E-state index in [2.05, 4.69) is 15.5 Å². The number of carbonyl (C=O) groups is 3. The maximum absolute atomic E-state index is 13.7. The number of likely N-dealkylation sites (tertiary alicyclic amines) is 1. The number of rotatable bonds is 7. The average Bonchev–Trinajstić information content (AvgIpc) is 3.16. The summed E-state index contributed by atoms with van der Waals surface area (Å²) in [5.41, 5.74) is 0.660. The minimum absolute atomic E-state index is 0.0131. The molecule has 0 aliphatic carbocycles. The molecule has 2 heterocycles. The first-order valence-corrected chi connectivity index (χ1v) is 12.1. The molecule has 10 heteroatoms. The third-order valence-electron chi connectivity index (χ3n) is 6.82. The largest absolute Gasteiger partial charge is 0.497 e. The lowest BCUT2D eigenvalue weighted by atomic mass is 9.85. The van der Waals surface area contributed by atoms with Crippen LogP contribution in [0.3, 0.4) is 0 Å². The number of carbonyl (C=O) groups excluding carboxylic acids is 3. The van der Waals surface area contributed by atoms with Crippen molar-refractivity contribution in [2.75, 3.05) is 57.3 Å². The van der Waals surface area contributed by atoms with Crippen molar-refractivity contribution in [1.29, 1.82) is 0 Å². The summed E-state index contributed by atoms with van der Waals surface area (Å²) in [4.78, 5) is 44.4. The predicted octanol–water partition coefficient (Wildman–Crippen LogP) is 2.51. The Balaban J connectivity index is 1.50. The number of piperidine rings is 1. The van der Waals surface area contributed by atoms with Crippen molar-refractivity contribution in [3.63, 3.8) is 0 Å². The van der Waals surface area contributed by atoms with Crippen molar-refractivity contribution >= 4 is 29.2 Å². The molecule has 4 amide bonds. The molecule has 1 spiro atoms. The van der Waals surface area contributed by atoms with Gasteiger partial charge in [0.2, 0.25) is 5.91 Å². The molecular formula is C26H33N5O5. The Morgan fingerprint density at radius 3 is 2.39 bits per heavy atom. The summed E-state index contributed by atoms with van der Waals surface area (Å²) in [6, 6.07) is 14.7. The summed E-state index contributed by atoms with van der Waals surface area (Å²) in [5, 5.41) is 5.68. The van der Waals surface area contributed by atoms with Crippen molar-refractivity contribution in [1.82, 2.24) is 15.1 Å². The van der Waals surface area contributed by atoms with Crippen LogP contribution in [-0.4, -0.2) is 80.3 Å². The SMILES string of the molecule is CCNC(=O)CN1CN(c2ccccc2)C2(CCN(C(=O)Nc3ccc(OC)cc3OC)CC2)C1=O. The van der Waals surface area contributed by atoms with E-state index in [1.807, 2.05) is 37.3 Å². The van der Waals surface area contributed by atoms with Gasteiger partial charge in [0, 0.05) is 31.4 Å². The summed E-state index contributed by atoms with van der Waals surface area (Å²) in [6.07, 6.45) is 0.916. The Kier molecular flexibility index (Phi) is 7.52. The highest BCUT2D eigenvalue weighted by atomic mass is 16.5. The average molecular weight is 496 g/mol. The lowest BCUT2D eigenvalue weighted by Gasteiger charge is -2.43. The third kappa shape index (κ3) is 4.89. The second-order valence-electron chi connectivity index (χ2n) is 8.88. The molecule has 2 aliphatic heterocycles. The molecule has 0 saturated carbocycles. The van der Waals surface area contributed by atoms with Crippen LogP contribution in [0.2, 0.25) is 0 Å². The molecule has 10 nitrogen and oxygen atoms in total. The van der Waals surface area contributed by atoms with Crippen molar-refractivity contribution < 1.29 is 23.9 Å². The molecule has 2 aromatic carbocycles. The highest BCUT2D eigenvalue weighted by Gasteiger charge is 2.54. The predicted molar refractivity (Wildman–Crippen MR) is 136 cm³/mol. The number of anilines is 2. The van der Waals surface area contributed by atoms with Crippen LogP contribution in [0, 0.1) is 0 Å². The first kappa shape index (κ1) is 25.2. The number of amides is 4. The minimum Gasteiger partial charge on any atom is -0.497 e. The van der Waals surface area contributed by atoms with E-state index in [9.17, 15) is 14.4 Å². The van der Waals surface area contributed by atoms with Crippen molar-refractivity contribution in [3.05, 3.63) is 48.5 Å². The van der Waals surface area contributed by atoms with Gasteiger partial charge >= 0.3 is 6.03 Å². The smallest absolute Gasteiger partial charge is 0.321 e. The third-order valence-corrected chi connectivity index (χ3v) is 6.82. The number of para-hydroxylation sites is 1. The molecule has 4 rings (SSSR count). The molecule has 0 bridgehead atoms. The van der Waals surface area contributed by atoms with Gasteiger partial charge in [0.15, 0.2) is 0 Å². The first-order valence-electron chi connectivity index (χ1n) is 12.1. The number of benzene rings is 2. The number of likely N-dealkylation sites (N-methyl/N-ethyl adjacent to an activating group) is 1. The maximum Gasteiger partial charge on any atom is 0.321 e. The van der Waals surface area contributed by atoms with E-state index in [1.54, 1.807) is 35.1 Å². The van der Waals surface area contributed by atoms with Gasteiger partial charge in [-0.25, -0.2) is 4.79 Å². The molecule has 2 saturated heterocycles. The molecule has 2 aromatic rings. The number of urea groups is 1. The fourth-order valence-electron chi connectivity index (χ4n) is 4.92. The van der Waals surface area contributed by atoms with Crippen LogP contribution in [0.25, 0.3) is 0 Å². The van der Waals surface area contributed by atoms with E-state index in [0.717, 1.165) is 5.69 Å². The van der Waals surface area contributed by atoms with Crippen LogP contribution in [0.5, 0.6) is 11.5 Å². The van der Waals surface area contributed by atoms with E-state index in [1.165, 1.54) is 7.11 Å². The van der Waals surface area contributed by atoms with Crippen LogP contribution >= 0.6 is 0 Å². The lowest BCUT2D eigenvalue weighted by molar-refractivity contribution is -0.137. The van der Waals surface area contributed by atoms with Gasteiger partial charge in [-0.05, 0) is 44.0 Å². The van der Waals surface area contributed by atoms with E-state index < -0.39 is 5.54 Å². The number of ether oxygens (including phenoxy) is 2. The van der Waals surface area contributed by atoms with Gasteiger partial charge in [-0.3, -0.25) is 9.59 Å². The zero-order chi connectivity index (χ0) is 25.7. The van der Waals surface area contributed by atoms with Gasteiger partial charge in [0.05, 0.1) is 26.6 Å². The Bertz CT molecular complexity index is 1100. The molecule has 2 N–H and O–H groups in total. The number of nitrogens with zero attached hydrogens (tertiary/aromatic N) is 3. The van der Waals surface area contributed by atoms with Crippen molar-refractivity contribution in [2.24, 2.45) is 0 Å². The van der Waals surface area contributed by atoms with E-state index >= 15 is 0 Å². The Morgan fingerprint density at radius 1 is 1.03 bits per heavy atom. The number of methoxy groups -OCH3 is 2. The molecule has 0 atom stereocenters. The molecule has 192 valence electrons. The normalized spacial score (nSPS) is 16.8. The Morgan fingerprint density at radius 2 is 1.75 bits per heavy atom. The molecule has 36 heavy (non-hydrogen) atoms. The van der Waals surface area contributed by atoms with Gasteiger partial charge in [0.25, 0.3) is 5.91 Å². The summed E-state index contributed by atoms with van der Waals surface area (Å²) in [5.74, 6) is 0.872. The van der Waals surface area contributed by atoms with Gasteiger partial charge in [0.1, 0.15) is 23.6 Å². The molecular weight excluding hydrogens is 462 g/mol. The zero-order valence-corrected chi connectivity index (χ0v) is 21.0. The van der Waals surface area contributed by atoms with Crippen molar-refractivity contribution in [2.45, 2.75) is 25.3 Å². The Labute approximate surface area is 211 Å². The molecule has 0 aromatic heterocycles. The first-order chi connectivity index (χ1) is 17.4. The second-order valence-corrected chi connectivity index (χ2v) is 8.88. The van der Waals surface area contributed by atoms with E-state index in [-0.39, 0.29) is 24.4 Å². The maximum atomic E-state index is 13.7. The topological polar surface area (TPSA) is 103 Å². The molecule has 2 aliphatic rings. The standard InChI is InChI=1S/C26H33N5O5/c1-4-27-23(32)17-30-18-31(19-8-6-5-7-9-19)26(24(30)33)12-14-29(15-13-26)25(34)28-21-11-10-20(35-2)16-22(21)36-3/h5-11,16H,4,12-15,17-18H2,1-3H3,(H,27,32)(H,28,34).